The molecule has 33 heavy (non-hydrogen) atoms. The second-order valence-electron chi connectivity index (χ2n) is 8.59. The monoisotopic (exact) mass is 450 g/mol. The summed E-state index contributed by atoms with van der Waals surface area (Å²) in [4.78, 5) is 19.6. The second-order valence-corrected chi connectivity index (χ2v) is 8.59. The molecular formula is C25H27FN4O3. The van der Waals surface area contributed by atoms with Crippen LogP contribution in [0.25, 0.3) is 0 Å². The van der Waals surface area contributed by atoms with Crippen molar-refractivity contribution in [1.82, 2.24) is 9.88 Å². The number of nitrogens with zero attached hydrogens (tertiary/aromatic N) is 2. The summed E-state index contributed by atoms with van der Waals surface area (Å²) in [5, 5.41) is 25.8. The van der Waals surface area contributed by atoms with Gasteiger partial charge in [0.2, 0.25) is 0 Å². The van der Waals surface area contributed by atoms with Gasteiger partial charge in [0.25, 0.3) is 0 Å². The number of aryl methyl sites for hydroxylation is 1. The van der Waals surface area contributed by atoms with Crippen molar-refractivity contribution in [2.75, 3.05) is 24.2 Å². The number of hydrogen-bond donors (Lipinski definition) is 4. The Balaban J connectivity index is 1.63. The Labute approximate surface area is 191 Å². The maximum Gasteiger partial charge on any atom is 0.173 e. The lowest BCUT2D eigenvalue weighted by molar-refractivity contribution is 0.0995. The van der Waals surface area contributed by atoms with Gasteiger partial charge in [0.05, 0.1) is 23.0 Å². The minimum absolute atomic E-state index is 0.0380. The van der Waals surface area contributed by atoms with Crippen LogP contribution in [0.3, 0.4) is 0 Å². The predicted molar refractivity (Wildman–Crippen MR) is 126 cm³/mol. The van der Waals surface area contributed by atoms with Crippen molar-refractivity contribution in [2.24, 2.45) is 0 Å². The van der Waals surface area contributed by atoms with Crippen LogP contribution < -0.4 is 10.6 Å². The number of phenolic OH excluding ortho intramolecular Hbond substituents is 1. The SMILES string of the molecule is Cc1cc(F)c(Nc2ccnc3c2C(=O)Cc2cc(CN(C)C[C@@H](C)O)ccc2N3)cc1O. The summed E-state index contributed by atoms with van der Waals surface area (Å²) in [6.07, 6.45) is 1.27. The highest BCUT2D eigenvalue weighted by Gasteiger charge is 2.24. The summed E-state index contributed by atoms with van der Waals surface area (Å²) in [6.45, 7) is 4.54. The molecule has 0 unspecified atom stereocenters. The van der Waals surface area contributed by atoms with Crippen LogP contribution in [-0.2, 0) is 13.0 Å². The number of pyridine rings is 1. The van der Waals surface area contributed by atoms with Crippen molar-refractivity contribution in [3.8, 4) is 5.75 Å². The van der Waals surface area contributed by atoms with Gasteiger partial charge in [-0.3, -0.25) is 9.69 Å². The highest BCUT2D eigenvalue weighted by Crippen LogP contribution is 2.35. The fourth-order valence-electron chi connectivity index (χ4n) is 4.07. The van der Waals surface area contributed by atoms with E-state index in [1.165, 1.54) is 18.3 Å². The minimum atomic E-state index is -0.529. The zero-order valence-corrected chi connectivity index (χ0v) is 18.8. The molecule has 2 aromatic carbocycles. The quantitative estimate of drug-likeness (QED) is 0.445. The Morgan fingerprint density at radius 2 is 2.03 bits per heavy atom. The van der Waals surface area contributed by atoms with Crippen LogP contribution in [0.5, 0.6) is 5.75 Å². The number of phenols is 1. The van der Waals surface area contributed by atoms with E-state index in [9.17, 15) is 19.4 Å². The summed E-state index contributed by atoms with van der Waals surface area (Å²) < 4.78 is 14.5. The summed E-state index contributed by atoms with van der Waals surface area (Å²) in [7, 11) is 1.93. The van der Waals surface area contributed by atoms with Crippen molar-refractivity contribution in [3.63, 3.8) is 0 Å². The molecule has 1 aliphatic heterocycles. The van der Waals surface area contributed by atoms with Crippen LogP contribution in [0.2, 0.25) is 0 Å². The first-order valence-electron chi connectivity index (χ1n) is 10.7. The third-order valence-corrected chi connectivity index (χ3v) is 5.59. The molecule has 0 bridgehead atoms. The molecule has 3 aromatic rings. The third-order valence-electron chi connectivity index (χ3n) is 5.59. The molecule has 0 spiro atoms. The molecule has 0 fully saturated rings. The smallest absolute Gasteiger partial charge is 0.173 e. The van der Waals surface area contributed by atoms with E-state index in [4.69, 9.17) is 0 Å². The third kappa shape index (κ3) is 4.97. The number of hydrogen-bond acceptors (Lipinski definition) is 7. The molecule has 172 valence electrons. The number of rotatable bonds is 6. The molecule has 8 heteroatoms. The topological polar surface area (TPSA) is 97.7 Å². The number of aliphatic hydroxyl groups is 1. The number of anilines is 4. The number of nitrogens with one attached hydrogen (secondary N) is 2. The zero-order chi connectivity index (χ0) is 23.7. The first-order chi connectivity index (χ1) is 15.7. The summed E-state index contributed by atoms with van der Waals surface area (Å²) in [5.41, 5.74) is 3.89. The Bertz CT molecular complexity index is 1210. The molecule has 4 rings (SSSR count). The van der Waals surface area contributed by atoms with E-state index in [0.29, 0.717) is 35.7 Å². The van der Waals surface area contributed by atoms with Crippen molar-refractivity contribution >= 4 is 28.7 Å². The van der Waals surface area contributed by atoms with Crippen molar-refractivity contribution in [1.29, 1.82) is 0 Å². The fourth-order valence-corrected chi connectivity index (χ4v) is 4.07. The number of carbonyl (C=O) groups excluding carboxylic acids is 1. The van der Waals surface area contributed by atoms with Gasteiger partial charge in [-0.25, -0.2) is 9.37 Å². The highest BCUT2D eigenvalue weighted by molar-refractivity contribution is 6.09. The number of benzene rings is 2. The number of aromatic nitrogens is 1. The number of halogens is 1. The lowest BCUT2D eigenvalue weighted by Crippen LogP contribution is -2.26. The number of aromatic hydroxyl groups is 1. The van der Waals surface area contributed by atoms with E-state index in [1.807, 2.05) is 30.1 Å². The van der Waals surface area contributed by atoms with Gasteiger partial charge in [-0.1, -0.05) is 12.1 Å². The number of ketones is 1. The van der Waals surface area contributed by atoms with Crippen LogP contribution in [0.4, 0.5) is 27.3 Å². The molecule has 1 aliphatic rings. The molecule has 0 radical (unpaired) electrons. The van der Waals surface area contributed by atoms with E-state index in [-0.39, 0.29) is 23.6 Å². The van der Waals surface area contributed by atoms with Crippen LogP contribution in [0, 0.1) is 12.7 Å². The molecule has 0 amide bonds. The second kappa shape index (κ2) is 9.17. The van der Waals surface area contributed by atoms with Gasteiger partial charge in [0, 0.05) is 37.5 Å². The number of likely N-dealkylation sites (N-methyl/N-ethyl adjacent to an activating group) is 1. The molecule has 0 saturated carbocycles. The van der Waals surface area contributed by atoms with Gasteiger partial charge in [0.1, 0.15) is 17.4 Å². The molecule has 2 heterocycles. The van der Waals surface area contributed by atoms with Crippen LogP contribution in [0.15, 0.2) is 42.6 Å². The molecule has 0 saturated heterocycles. The first-order valence-corrected chi connectivity index (χ1v) is 10.7. The van der Waals surface area contributed by atoms with Crippen molar-refractivity contribution < 1.29 is 19.4 Å². The van der Waals surface area contributed by atoms with Gasteiger partial charge >= 0.3 is 0 Å². The zero-order valence-electron chi connectivity index (χ0n) is 18.8. The molecular weight excluding hydrogens is 423 g/mol. The maximum atomic E-state index is 14.5. The molecule has 4 N–H and O–H groups in total. The molecule has 7 nitrogen and oxygen atoms in total. The predicted octanol–water partition coefficient (Wildman–Crippen LogP) is 4.27. The van der Waals surface area contributed by atoms with Crippen molar-refractivity contribution in [2.45, 2.75) is 32.9 Å². The number of carbonyl (C=O) groups is 1. The first kappa shape index (κ1) is 22.7. The lowest BCUT2D eigenvalue weighted by atomic mass is 10.0. The number of fused-ring (bicyclic) bond motifs is 2. The average Bonchev–Trinajstić information content (AvgIpc) is 2.87. The Morgan fingerprint density at radius 1 is 1.24 bits per heavy atom. The van der Waals surface area contributed by atoms with Gasteiger partial charge in [0.15, 0.2) is 5.78 Å². The maximum absolute atomic E-state index is 14.5. The molecule has 1 atom stereocenters. The van der Waals surface area contributed by atoms with Gasteiger partial charge in [-0.15, -0.1) is 0 Å². The van der Waals surface area contributed by atoms with E-state index in [0.717, 1.165) is 16.8 Å². The Morgan fingerprint density at radius 3 is 2.79 bits per heavy atom. The fraction of sp³-hybridized carbons (Fsp3) is 0.280. The van der Waals surface area contributed by atoms with Crippen LogP contribution in [0.1, 0.15) is 34.0 Å². The standard InChI is InChI=1S/C25H27FN4O3/c1-14-8-18(26)21(11-22(14)32)28-20-6-7-27-25-24(20)23(33)10-17-9-16(4-5-19(17)29-25)13-30(3)12-15(2)31/h4-9,11,15,31-32H,10,12-13H2,1-3H3,(H2,27,28,29)/t15-/m1/s1. The number of Topliss-reactive ketones (excluding diaryl/α,β-unsaturated/α-hetero) is 1. The van der Waals surface area contributed by atoms with Crippen LogP contribution in [-0.4, -0.2) is 45.6 Å². The van der Waals surface area contributed by atoms with Gasteiger partial charge < -0.3 is 20.8 Å². The van der Waals surface area contributed by atoms with E-state index in [1.54, 1.807) is 19.9 Å². The van der Waals surface area contributed by atoms with E-state index >= 15 is 0 Å². The average molecular weight is 451 g/mol. The van der Waals surface area contributed by atoms with Gasteiger partial charge in [-0.2, -0.15) is 0 Å². The minimum Gasteiger partial charge on any atom is -0.508 e. The Kier molecular flexibility index (Phi) is 6.31. The normalized spacial score (nSPS) is 13.7. The number of aliphatic hydroxyl groups excluding tert-OH is 1. The molecule has 1 aromatic heterocycles. The van der Waals surface area contributed by atoms with Gasteiger partial charge in [-0.05, 0) is 55.8 Å². The molecule has 0 aliphatic carbocycles. The van der Waals surface area contributed by atoms with Crippen molar-refractivity contribution in [3.05, 3.63) is 70.7 Å². The highest BCUT2D eigenvalue weighted by atomic mass is 19.1. The Hall–Kier alpha value is -3.49. The van der Waals surface area contributed by atoms with E-state index in [2.05, 4.69) is 15.6 Å². The van der Waals surface area contributed by atoms with E-state index < -0.39 is 11.9 Å². The summed E-state index contributed by atoms with van der Waals surface area (Å²) in [5.74, 6) is -0.333. The lowest BCUT2D eigenvalue weighted by Gasteiger charge is -2.19. The summed E-state index contributed by atoms with van der Waals surface area (Å²) in [6, 6.07) is 10.0. The van der Waals surface area contributed by atoms with Crippen LogP contribution >= 0.6 is 0 Å². The summed E-state index contributed by atoms with van der Waals surface area (Å²) >= 11 is 0. The largest absolute Gasteiger partial charge is 0.508 e.